The SMILES string of the molecule is COc1ccc(CN(C[C@H]2CC=CCC2)C(=S)NC[C@H]2CCCO2)cc1. The summed E-state index contributed by atoms with van der Waals surface area (Å²) in [6, 6.07) is 8.27. The molecule has 2 atom stereocenters. The first-order chi connectivity index (χ1) is 12.7. The van der Waals surface area contributed by atoms with Gasteiger partial charge in [-0.3, -0.25) is 0 Å². The Balaban J connectivity index is 1.60. The van der Waals surface area contributed by atoms with Gasteiger partial charge in [-0.25, -0.2) is 0 Å². The number of ether oxygens (including phenoxy) is 2. The Morgan fingerprint density at radius 1 is 1.27 bits per heavy atom. The van der Waals surface area contributed by atoms with E-state index in [-0.39, 0.29) is 0 Å². The minimum absolute atomic E-state index is 0.299. The highest BCUT2D eigenvalue weighted by molar-refractivity contribution is 7.80. The molecule has 1 N–H and O–H groups in total. The molecule has 1 fully saturated rings. The minimum atomic E-state index is 0.299. The monoisotopic (exact) mass is 374 g/mol. The van der Waals surface area contributed by atoms with Gasteiger partial charge in [0.1, 0.15) is 5.75 Å². The van der Waals surface area contributed by atoms with Gasteiger partial charge in [-0.15, -0.1) is 0 Å². The molecule has 0 unspecified atom stereocenters. The van der Waals surface area contributed by atoms with Gasteiger partial charge >= 0.3 is 0 Å². The smallest absolute Gasteiger partial charge is 0.169 e. The maximum absolute atomic E-state index is 5.74. The first-order valence-corrected chi connectivity index (χ1v) is 10.1. The third-order valence-corrected chi connectivity index (χ3v) is 5.58. The maximum atomic E-state index is 5.74. The largest absolute Gasteiger partial charge is 0.497 e. The molecule has 26 heavy (non-hydrogen) atoms. The summed E-state index contributed by atoms with van der Waals surface area (Å²) in [4.78, 5) is 2.32. The molecule has 142 valence electrons. The van der Waals surface area contributed by atoms with Crippen LogP contribution >= 0.6 is 12.2 Å². The molecule has 0 aromatic heterocycles. The van der Waals surface area contributed by atoms with Gasteiger partial charge in [0, 0.05) is 26.2 Å². The zero-order chi connectivity index (χ0) is 18.2. The Kier molecular flexibility index (Phi) is 7.32. The molecule has 4 nitrogen and oxygen atoms in total. The lowest BCUT2D eigenvalue weighted by atomic mass is 9.94. The van der Waals surface area contributed by atoms with Crippen molar-refractivity contribution in [3.8, 4) is 5.75 Å². The number of benzene rings is 1. The Bertz CT molecular complexity index is 597. The van der Waals surface area contributed by atoms with Gasteiger partial charge in [0.15, 0.2) is 5.11 Å². The highest BCUT2D eigenvalue weighted by Crippen LogP contribution is 2.21. The van der Waals surface area contributed by atoms with E-state index < -0.39 is 0 Å². The molecule has 3 rings (SSSR count). The third-order valence-electron chi connectivity index (χ3n) is 5.18. The van der Waals surface area contributed by atoms with E-state index in [9.17, 15) is 0 Å². The number of thiocarbonyl (C=S) groups is 1. The topological polar surface area (TPSA) is 33.7 Å². The van der Waals surface area contributed by atoms with Crippen molar-refractivity contribution in [3.05, 3.63) is 42.0 Å². The van der Waals surface area contributed by atoms with E-state index in [1.165, 1.54) is 18.4 Å². The average Bonchev–Trinajstić information content (AvgIpc) is 3.20. The number of hydrogen-bond donors (Lipinski definition) is 1. The van der Waals surface area contributed by atoms with E-state index in [0.717, 1.165) is 56.4 Å². The van der Waals surface area contributed by atoms with E-state index in [4.69, 9.17) is 21.7 Å². The fraction of sp³-hybridized carbons (Fsp3) is 0.571. The number of methoxy groups -OCH3 is 1. The van der Waals surface area contributed by atoms with Gasteiger partial charge in [0.25, 0.3) is 0 Å². The summed E-state index contributed by atoms with van der Waals surface area (Å²) in [5.41, 5.74) is 1.25. The van der Waals surface area contributed by atoms with Crippen LogP contribution in [0.1, 0.15) is 37.7 Å². The minimum Gasteiger partial charge on any atom is -0.497 e. The molecule has 0 bridgehead atoms. The normalized spacial score (nSPS) is 22.2. The zero-order valence-corrected chi connectivity index (χ0v) is 16.5. The van der Waals surface area contributed by atoms with Crippen molar-refractivity contribution in [3.63, 3.8) is 0 Å². The van der Waals surface area contributed by atoms with Crippen LogP contribution in [-0.4, -0.2) is 42.9 Å². The quantitative estimate of drug-likeness (QED) is 0.578. The van der Waals surface area contributed by atoms with Crippen LogP contribution in [-0.2, 0) is 11.3 Å². The predicted octanol–water partition coefficient (Wildman–Crippen LogP) is 3.91. The van der Waals surface area contributed by atoms with E-state index >= 15 is 0 Å². The number of allylic oxidation sites excluding steroid dienone is 2. The summed E-state index contributed by atoms with van der Waals surface area (Å²) in [6.45, 7) is 3.50. The van der Waals surface area contributed by atoms with E-state index in [1.807, 2.05) is 12.1 Å². The van der Waals surface area contributed by atoms with Crippen molar-refractivity contribution in [2.45, 2.75) is 44.8 Å². The molecular weight excluding hydrogens is 344 g/mol. The molecule has 1 aliphatic heterocycles. The second-order valence-electron chi connectivity index (χ2n) is 7.20. The van der Waals surface area contributed by atoms with Crippen LogP contribution in [0.4, 0.5) is 0 Å². The van der Waals surface area contributed by atoms with Crippen LogP contribution in [0.2, 0.25) is 0 Å². The van der Waals surface area contributed by atoms with Crippen LogP contribution in [0.3, 0.4) is 0 Å². The van der Waals surface area contributed by atoms with Crippen molar-refractivity contribution in [1.29, 1.82) is 0 Å². The van der Waals surface area contributed by atoms with Crippen molar-refractivity contribution < 1.29 is 9.47 Å². The maximum Gasteiger partial charge on any atom is 0.169 e. The Morgan fingerprint density at radius 2 is 2.12 bits per heavy atom. The average molecular weight is 375 g/mol. The Morgan fingerprint density at radius 3 is 2.77 bits per heavy atom. The zero-order valence-electron chi connectivity index (χ0n) is 15.7. The van der Waals surface area contributed by atoms with Gasteiger partial charge in [-0.05, 0) is 67.9 Å². The van der Waals surface area contributed by atoms with Crippen molar-refractivity contribution in [1.82, 2.24) is 10.2 Å². The standard InChI is InChI=1S/C21H30N2O2S/c1-24-19-11-9-18(10-12-19)16-23(15-17-6-3-2-4-7-17)21(26)22-14-20-8-5-13-25-20/h2-3,9-12,17,20H,4-8,13-16H2,1H3,(H,22,26)/t17-,20+/m0/s1. The summed E-state index contributed by atoms with van der Waals surface area (Å²) in [5.74, 6) is 1.55. The van der Waals surface area contributed by atoms with Crippen LogP contribution in [0, 0.1) is 5.92 Å². The molecule has 1 aromatic rings. The van der Waals surface area contributed by atoms with Crippen LogP contribution in [0.25, 0.3) is 0 Å². The molecule has 1 saturated heterocycles. The summed E-state index contributed by atoms with van der Waals surface area (Å²) in [6.07, 6.45) is 10.7. The Hall–Kier alpha value is -1.59. The fourth-order valence-corrected chi connectivity index (χ4v) is 3.85. The van der Waals surface area contributed by atoms with Gasteiger partial charge in [0.05, 0.1) is 13.2 Å². The second kappa shape index (κ2) is 9.93. The van der Waals surface area contributed by atoms with Gasteiger partial charge < -0.3 is 19.7 Å². The lowest BCUT2D eigenvalue weighted by Gasteiger charge is -2.31. The molecule has 0 saturated carbocycles. The van der Waals surface area contributed by atoms with Crippen molar-refractivity contribution in [2.75, 3.05) is 26.8 Å². The molecular formula is C21H30N2O2S. The summed E-state index contributed by atoms with van der Waals surface area (Å²) in [7, 11) is 1.70. The van der Waals surface area contributed by atoms with Gasteiger partial charge in [-0.1, -0.05) is 24.3 Å². The number of hydrogen-bond acceptors (Lipinski definition) is 3. The molecule has 1 aromatic carbocycles. The summed E-state index contributed by atoms with van der Waals surface area (Å²) < 4.78 is 11.0. The highest BCUT2D eigenvalue weighted by Gasteiger charge is 2.20. The van der Waals surface area contributed by atoms with E-state index in [2.05, 4.69) is 34.5 Å². The Labute approximate surface area is 162 Å². The lowest BCUT2D eigenvalue weighted by molar-refractivity contribution is 0.113. The predicted molar refractivity (Wildman–Crippen MR) is 109 cm³/mol. The van der Waals surface area contributed by atoms with Crippen LogP contribution in [0.5, 0.6) is 5.75 Å². The molecule has 0 radical (unpaired) electrons. The van der Waals surface area contributed by atoms with E-state index in [0.29, 0.717) is 12.0 Å². The molecule has 1 aliphatic carbocycles. The van der Waals surface area contributed by atoms with Crippen molar-refractivity contribution in [2.24, 2.45) is 5.92 Å². The molecule has 2 aliphatic rings. The van der Waals surface area contributed by atoms with E-state index in [1.54, 1.807) is 7.11 Å². The second-order valence-corrected chi connectivity index (χ2v) is 7.59. The first kappa shape index (κ1) is 19.2. The first-order valence-electron chi connectivity index (χ1n) is 9.67. The van der Waals surface area contributed by atoms with Gasteiger partial charge in [-0.2, -0.15) is 0 Å². The van der Waals surface area contributed by atoms with Crippen LogP contribution in [0.15, 0.2) is 36.4 Å². The highest BCUT2D eigenvalue weighted by atomic mass is 32.1. The fourth-order valence-electron chi connectivity index (χ4n) is 3.62. The molecule has 0 amide bonds. The number of rotatable bonds is 7. The third kappa shape index (κ3) is 5.71. The molecule has 1 heterocycles. The van der Waals surface area contributed by atoms with Gasteiger partial charge in [0.2, 0.25) is 0 Å². The lowest BCUT2D eigenvalue weighted by Crippen LogP contribution is -2.44. The number of nitrogens with one attached hydrogen (secondary N) is 1. The molecule has 0 spiro atoms. The summed E-state index contributed by atoms with van der Waals surface area (Å²) >= 11 is 5.74. The number of nitrogens with zero attached hydrogens (tertiary/aromatic N) is 1. The van der Waals surface area contributed by atoms with Crippen LogP contribution < -0.4 is 10.1 Å². The summed E-state index contributed by atoms with van der Waals surface area (Å²) in [5, 5.41) is 4.29. The van der Waals surface area contributed by atoms with Crippen molar-refractivity contribution >= 4 is 17.3 Å². The molecule has 5 heteroatoms.